The quantitative estimate of drug-likeness (QED) is 0.648. The molecule has 138 valence electrons. The van der Waals surface area contributed by atoms with E-state index in [0.29, 0.717) is 24.5 Å². The highest BCUT2D eigenvalue weighted by molar-refractivity contribution is 6.31. The van der Waals surface area contributed by atoms with Crippen molar-refractivity contribution in [1.82, 2.24) is 18.9 Å². The van der Waals surface area contributed by atoms with Crippen LogP contribution in [0.1, 0.15) is 18.9 Å². The molecule has 3 rings (SSSR count). The van der Waals surface area contributed by atoms with E-state index in [0.717, 1.165) is 5.56 Å². The summed E-state index contributed by atoms with van der Waals surface area (Å²) in [7, 11) is 0. The summed E-state index contributed by atoms with van der Waals surface area (Å²) < 4.78 is 4.09. The molecule has 2 N–H and O–H groups in total. The van der Waals surface area contributed by atoms with Crippen LogP contribution in [0.15, 0.2) is 33.9 Å². The van der Waals surface area contributed by atoms with Gasteiger partial charge in [0.25, 0.3) is 5.56 Å². The molecule has 2 heterocycles. The van der Waals surface area contributed by atoms with Crippen LogP contribution in [0.2, 0.25) is 5.02 Å². The Hall–Kier alpha value is -2.25. The Morgan fingerprint density at radius 2 is 1.88 bits per heavy atom. The predicted molar refractivity (Wildman–Crippen MR) is 104 cm³/mol. The first kappa shape index (κ1) is 18.5. The zero-order valence-electron chi connectivity index (χ0n) is 14.3. The van der Waals surface area contributed by atoms with Crippen LogP contribution in [0.5, 0.6) is 0 Å². The molecule has 9 heteroatoms. The van der Waals surface area contributed by atoms with Gasteiger partial charge in [-0.3, -0.25) is 13.9 Å². The number of rotatable bonds is 6. The molecule has 1 aromatic carbocycles. The number of fused-ring (bicyclic) bond motifs is 1. The Bertz CT molecular complexity index is 1070. The molecule has 7 nitrogen and oxygen atoms in total. The summed E-state index contributed by atoms with van der Waals surface area (Å²) in [5.74, 6) is 0.499. The molecular weight excluding hydrogens is 377 g/mol. The van der Waals surface area contributed by atoms with Crippen molar-refractivity contribution in [2.75, 3.05) is 11.6 Å². The third kappa shape index (κ3) is 3.12. The number of nitrogen functional groups attached to an aromatic ring is 1. The van der Waals surface area contributed by atoms with Gasteiger partial charge in [-0.2, -0.15) is 5.10 Å². The molecule has 0 atom stereocenters. The van der Waals surface area contributed by atoms with Gasteiger partial charge in [-0.15, -0.1) is 11.6 Å². The average Bonchev–Trinajstić information content (AvgIpc) is 2.94. The number of nitrogens with two attached hydrogens (primary N) is 1. The van der Waals surface area contributed by atoms with Crippen LogP contribution in [-0.2, 0) is 19.6 Å². The Morgan fingerprint density at radius 1 is 1.15 bits per heavy atom. The molecule has 0 amide bonds. The van der Waals surface area contributed by atoms with Crippen molar-refractivity contribution in [3.8, 4) is 0 Å². The van der Waals surface area contributed by atoms with Crippen LogP contribution < -0.4 is 17.0 Å². The normalized spacial score (nSPS) is 11.3. The summed E-state index contributed by atoms with van der Waals surface area (Å²) in [5.41, 5.74) is 6.26. The van der Waals surface area contributed by atoms with Crippen LogP contribution >= 0.6 is 23.2 Å². The Labute approximate surface area is 159 Å². The largest absolute Gasteiger partial charge is 0.383 e. The summed E-state index contributed by atoms with van der Waals surface area (Å²) in [6.45, 7) is 2.73. The highest BCUT2D eigenvalue weighted by atomic mass is 35.5. The lowest BCUT2D eigenvalue weighted by Crippen LogP contribution is -2.40. The van der Waals surface area contributed by atoms with Gasteiger partial charge >= 0.3 is 5.69 Å². The highest BCUT2D eigenvalue weighted by Crippen LogP contribution is 2.20. The highest BCUT2D eigenvalue weighted by Gasteiger charge is 2.20. The number of hydrogen-bond acceptors (Lipinski definition) is 4. The minimum absolute atomic E-state index is 0.191. The minimum atomic E-state index is -0.431. The first-order chi connectivity index (χ1) is 12.5. The maximum Gasteiger partial charge on any atom is 0.333 e. The van der Waals surface area contributed by atoms with Crippen molar-refractivity contribution in [3.63, 3.8) is 0 Å². The fourth-order valence-electron chi connectivity index (χ4n) is 2.92. The average molecular weight is 396 g/mol. The standard InChI is InChI=1S/C17H19Cl2N5O2/c1-2-8-22-16(25)13-14(20)24(9-7-18)21-15(13)23(17(22)26)10-11-5-3-4-6-12(11)19/h3-6H,2,7-10,20H2,1H3. The lowest BCUT2D eigenvalue weighted by atomic mass is 10.2. The van der Waals surface area contributed by atoms with Gasteiger partial charge in [-0.25, -0.2) is 9.48 Å². The van der Waals surface area contributed by atoms with E-state index in [-0.39, 0.29) is 29.3 Å². The van der Waals surface area contributed by atoms with E-state index < -0.39 is 11.2 Å². The van der Waals surface area contributed by atoms with Gasteiger partial charge in [0.15, 0.2) is 5.65 Å². The van der Waals surface area contributed by atoms with Gasteiger partial charge in [-0.1, -0.05) is 36.7 Å². The van der Waals surface area contributed by atoms with Gasteiger partial charge in [0.05, 0.1) is 13.1 Å². The van der Waals surface area contributed by atoms with Gasteiger partial charge in [0.2, 0.25) is 0 Å². The molecule has 0 bridgehead atoms. The number of nitrogens with zero attached hydrogens (tertiary/aromatic N) is 4. The zero-order chi connectivity index (χ0) is 18.8. The van der Waals surface area contributed by atoms with Gasteiger partial charge in [0, 0.05) is 17.4 Å². The SMILES string of the molecule is CCCn1c(=O)c2c(N)n(CCCl)nc2n(Cc2ccccc2Cl)c1=O. The molecule has 0 aliphatic carbocycles. The number of aromatic nitrogens is 4. The molecule has 0 aliphatic heterocycles. The summed E-state index contributed by atoms with van der Waals surface area (Å²) in [6.07, 6.45) is 0.641. The molecule has 0 radical (unpaired) electrons. The fraction of sp³-hybridized carbons (Fsp3) is 0.353. The molecular formula is C17H19Cl2N5O2. The second kappa shape index (κ2) is 7.55. The monoisotopic (exact) mass is 395 g/mol. The van der Waals surface area contributed by atoms with Crippen LogP contribution in [0.3, 0.4) is 0 Å². The number of benzene rings is 1. The molecule has 0 aliphatic rings. The first-order valence-electron chi connectivity index (χ1n) is 8.28. The smallest absolute Gasteiger partial charge is 0.333 e. The van der Waals surface area contributed by atoms with Crippen molar-refractivity contribution in [2.45, 2.75) is 33.0 Å². The number of hydrogen-bond donors (Lipinski definition) is 1. The van der Waals surface area contributed by atoms with Gasteiger partial charge in [-0.05, 0) is 18.1 Å². The summed E-state index contributed by atoms with van der Waals surface area (Å²) in [4.78, 5) is 25.8. The van der Waals surface area contributed by atoms with E-state index in [2.05, 4.69) is 5.10 Å². The molecule has 3 aromatic rings. The van der Waals surface area contributed by atoms with E-state index in [1.807, 2.05) is 25.1 Å². The third-order valence-electron chi connectivity index (χ3n) is 4.18. The Kier molecular flexibility index (Phi) is 5.38. The summed E-state index contributed by atoms with van der Waals surface area (Å²) in [6, 6.07) is 7.23. The maximum atomic E-state index is 13.0. The van der Waals surface area contributed by atoms with Crippen molar-refractivity contribution in [2.24, 2.45) is 0 Å². The third-order valence-corrected chi connectivity index (χ3v) is 4.72. The second-order valence-corrected chi connectivity index (χ2v) is 6.70. The molecule has 0 saturated carbocycles. The van der Waals surface area contributed by atoms with Crippen LogP contribution in [0.4, 0.5) is 5.82 Å². The molecule has 2 aromatic heterocycles. The lowest BCUT2D eigenvalue weighted by Gasteiger charge is -2.11. The van der Waals surface area contributed by atoms with Crippen LogP contribution in [-0.4, -0.2) is 24.8 Å². The summed E-state index contributed by atoms with van der Waals surface area (Å²) >= 11 is 12.0. The van der Waals surface area contributed by atoms with E-state index in [9.17, 15) is 9.59 Å². The summed E-state index contributed by atoms with van der Waals surface area (Å²) in [5, 5.41) is 5.13. The lowest BCUT2D eigenvalue weighted by molar-refractivity contribution is 0.577. The first-order valence-corrected chi connectivity index (χ1v) is 9.19. The predicted octanol–water partition coefficient (Wildman–Crippen LogP) is 2.29. The molecule has 0 spiro atoms. The van der Waals surface area contributed by atoms with Gasteiger partial charge < -0.3 is 5.73 Å². The van der Waals surface area contributed by atoms with Crippen molar-refractivity contribution >= 4 is 40.1 Å². The number of alkyl halides is 1. The van der Waals surface area contributed by atoms with Crippen molar-refractivity contribution < 1.29 is 0 Å². The molecule has 0 fully saturated rings. The topological polar surface area (TPSA) is 87.8 Å². The van der Waals surface area contributed by atoms with E-state index >= 15 is 0 Å². The van der Waals surface area contributed by atoms with E-state index in [4.69, 9.17) is 28.9 Å². The molecule has 0 unspecified atom stereocenters. The van der Waals surface area contributed by atoms with Crippen molar-refractivity contribution in [1.29, 1.82) is 0 Å². The molecule has 0 saturated heterocycles. The van der Waals surface area contributed by atoms with Crippen LogP contribution in [0, 0.1) is 0 Å². The number of halogens is 2. The fourth-order valence-corrected chi connectivity index (χ4v) is 3.28. The zero-order valence-corrected chi connectivity index (χ0v) is 15.8. The molecule has 26 heavy (non-hydrogen) atoms. The maximum absolute atomic E-state index is 13.0. The van der Waals surface area contributed by atoms with Gasteiger partial charge in [0.1, 0.15) is 11.2 Å². The van der Waals surface area contributed by atoms with E-state index in [1.165, 1.54) is 13.8 Å². The van der Waals surface area contributed by atoms with Crippen LogP contribution in [0.25, 0.3) is 11.0 Å². The number of anilines is 1. The Balaban J connectivity index is 2.32. The Morgan fingerprint density at radius 3 is 2.54 bits per heavy atom. The number of aryl methyl sites for hydroxylation is 1. The van der Waals surface area contributed by atoms with Crippen molar-refractivity contribution in [3.05, 3.63) is 55.7 Å². The van der Waals surface area contributed by atoms with E-state index in [1.54, 1.807) is 6.07 Å². The minimum Gasteiger partial charge on any atom is -0.383 e. The second-order valence-electron chi connectivity index (χ2n) is 5.91.